The average molecular weight is 447 g/mol. The Morgan fingerprint density at radius 1 is 1.12 bits per heavy atom. The molecule has 0 unspecified atom stereocenters. The van der Waals surface area contributed by atoms with Crippen molar-refractivity contribution in [1.82, 2.24) is 0 Å². The van der Waals surface area contributed by atoms with Crippen LogP contribution in [-0.2, 0) is 17.8 Å². The van der Waals surface area contributed by atoms with E-state index in [-0.39, 0.29) is 5.57 Å². The molecule has 0 heterocycles. The number of ether oxygens (including phenoxy) is 2. The molecule has 3 aromatic carbocycles. The van der Waals surface area contributed by atoms with Gasteiger partial charge in [-0.15, -0.1) is 0 Å². The molecule has 1 amide bonds. The van der Waals surface area contributed by atoms with E-state index in [1.807, 2.05) is 49.4 Å². The van der Waals surface area contributed by atoms with E-state index in [1.54, 1.807) is 37.4 Å². The van der Waals surface area contributed by atoms with Crippen molar-refractivity contribution in [3.8, 4) is 17.6 Å². The second kappa shape index (κ2) is 11.0. The van der Waals surface area contributed by atoms with Crippen LogP contribution in [0.25, 0.3) is 6.08 Å². The van der Waals surface area contributed by atoms with Crippen LogP contribution in [0.5, 0.6) is 11.5 Å². The molecular weight excluding hydrogens is 424 g/mol. The Balaban J connectivity index is 1.86. The number of hydrogen-bond acceptors (Lipinski definition) is 4. The number of halogens is 1. The summed E-state index contributed by atoms with van der Waals surface area (Å²) in [5.74, 6) is 0.620. The number of nitriles is 1. The lowest BCUT2D eigenvalue weighted by Gasteiger charge is -2.12. The summed E-state index contributed by atoms with van der Waals surface area (Å²) in [6, 6.07) is 22.1. The van der Waals surface area contributed by atoms with Crippen molar-refractivity contribution in [1.29, 1.82) is 5.26 Å². The van der Waals surface area contributed by atoms with Crippen molar-refractivity contribution in [3.63, 3.8) is 0 Å². The predicted octanol–water partition coefficient (Wildman–Crippen LogP) is 6.04. The van der Waals surface area contributed by atoms with Crippen molar-refractivity contribution in [2.75, 3.05) is 12.4 Å². The summed E-state index contributed by atoms with van der Waals surface area (Å²) in [6.07, 6.45) is 2.28. The molecule has 1 N–H and O–H groups in total. The van der Waals surface area contributed by atoms with Gasteiger partial charge < -0.3 is 14.8 Å². The van der Waals surface area contributed by atoms with Gasteiger partial charge in [-0.1, -0.05) is 48.9 Å². The van der Waals surface area contributed by atoms with E-state index >= 15 is 0 Å². The Morgan fingerprint density at radius 3 is 2.56 bits per heavy atom. The number of carbonyl (C=O) groups excluding carboxylic acids is 1. The van der Waals surface area contributed by atoms with Crippen LogP contribution < -0.4 is 14.8 Å². The fourth-order valence-electron chi connectivity index (χ4n) is 3.07. The highest BCUT2D eigenvalue weighted by Gasteiger charge is 2.13. The van der Waals surface area contributed by atoms with E-state index in [0.29, 0.717) is 34.4 Å². The van der Waals surface area contributed by atoms with Crippen LogP contribution in [-0.4, -0.2) is 13.0 Å². The number of benzene rings is 3. The molecule has 0 bridgehead atoms. The van der Waals surface area contributed by atoms with E-state index in [4.69, 9.17) is 21.1 Å². The minimum Gasteiger partial charge on any atom is -0.497 e. The molecule has 0 aromatic heterocycles. The van der Waals surface area contributed by atoms with Crippen LogP contribution in [0, 0.1) is 11.3 Å². The van der Waals surface area contributed by atoms with Gasteiger partial charge in [-0.05, 0) is 54.0 Å². The SMILES string of the molecule is CCc1ccccc1NC(=O)/C(C#N)=C/c1ccc(OC)cc1OCc1ccc(Cl)cc1. The van der Waals surface area contributed by atoms with E-state index in [2.05, 4.69) is 5.32 Å². The maximum Gasteiger partial charge on any atom is 0.266 e. The first-order chi connectivity index (χ1) is 15.5. The van der Waals surface area contributed by atoms with Gasteiger partial charge in [0.15, 0.2) is 0 Å². The smallest absolute Gasteiger partial charge is 0.266 e. The molecule has 0 aliphatic heterocycles. The molecule has 0 saturated carbocycles. The molecule has 6 heteroatoms. The number of methoxy groups -OCH3 is 1. The predicted molar refractivity (Wildman–Crippen MR) is 127 cm³/mol. The fourth-order valence-corrected chi connectivity index (χ4v) is 3.20. The number of carbonyl (C=O) groups is 1. The molecule has 0 saturated heterocycles. The van der Waals surface area contributed by atoms with Gasteiger partial charge in [0.2, 0.25) is 0 Å². The molecule has 0 atom stereocenters. The lowest BCUT2D eigenvalue weighted by atomic mass is 10.1. The number of rotatable bonds is 8. The Morgan fingerprint density at radius 2 is 1.88 bits per heavy atom. The monoisotopic (exact) mass is 446 g/mol. The summed E-state index contributed by atoms with van der Waals surface area (Å²) in [5.41, 5.74) is 3.18. The van der Waals surface area contributed by atoms with Crippen LogP contribution >= 0.6 is 11.6 Å². The zero-order valence-electron chi connectivity index (χ0n) is 17.9. The van der Waals surface area contributed by atoms with Gasteiger partial charge in [0, 0.05) is 22.3 Å². The van der Waals surface area contributed by atoms with Gasteiger partial charge in [-0.2, -0.15) is 5.26 Å². The summed E-state index contributed by atoms with van der Waals surface area (Å²) >= 11 is 5.94. The normalized spacial score (nSPS) is 10.9. The standard InChI is InChI=1S/C26H23ClN2O3/c1-3-19-6-4-5-7-24(19)29-26(30)21(16-28)14-20-10-13-23(31-2)15-25(20)32-17-18-8-11-22(27)12-9-18/h4-15H,3,17H2,1-2H3,(H,29,30)/b21-14+. The quantitative estimate of drug-likeness (QED) is 0.338. The third-order valence-corrected chi connectivity index (χ3v) is 5.09. The Kier molecular flexibility index (Phi) is 7.91. The maximum atomic E-state index is 12.8. The number of amides is 1. The van der Waals surface area contributed by atoms with Gasteiger partial charge in [-0.25, -0.2) is 0 Å². The second-order valence-electron chi connectivity index (χ2n) is 6.95. The Hall–Kier alpha value is -3.75. The Bertz CT molecular complexity index is 1160. The van der Waals surface area contributed by atoms with Gasteiger partial charge in [0.1, 0.15) is 29.7 Å². The zero-order valence-corrected chi connectivity index (χ0v) is 18.6. The number of anilines is 1. The Labute approximate surface area is 192 Å². The average Bonchev–Trinajstić information content (AvgIpc) is 2.82. The van der Waals surface area contributed by atoms with Crippen LogP contribution in [0.1, 0.15) is 23.6 Å². The molecule has 162 valence electrons. The zero-order chi connectivity index (χ0) is 22.9. The molecule has 5 nitrogen and oxygen atoms in total. The fraction of sp³-hybridized carbons (Fsp3) is 0.154. The molecular formula is C26H23ClN2O3. The van der Waals surface area contributed by atoms with E-state index in [1.165, 1.54) is 6.08 Å². The van der Waals surface area contributed by atoms with Crippen LogP contribution in [0.15, 0.2) is 72.3 Å². The first-order valence-electron chi connectivity index (χ1n) is 10.1. The number of nitrogens with one attached hydrogen (secondary N) is 1. The summed E-state index contributed by atoms with van der Waals surface area (Å²) in [7, 11) is 1.56. The number of hydrogen-bond donors (Lipinski definition) is 1. The summed E-state index contributed by atoms with van der Waals surface area (Å²) < 4.78 is 11.3. The molecule has 3 aromatic rings. The van der Waals surface area contributed by atoms with Gasteiger partial charge in [-0.3, -0.25) is 4.79 Å². The van der Waals surface area contributed by atoms with Crippen molar-refractivity contribution >= 4 is 29.3 Å². The summed E-state index contributed by atoms with van der Waals surface area (Å²) in [5, 5.41) is 13.1. The summed E-state index contributed by atoms with van der Waals surface area (Å²) in [6.45, 7) is 2.30. The van der Waals surface area contributed by atoms with E-state index < -0.39 is 5.91 Å². The van der Waals surface area contributed by atoms with Crippen molar-refractivity contribution in [2.45, 2.75) is 20.0 Å². The van der Waals surface area contributed by atoms with Crippen LogP contribution in [0.2, 0.25) is 5.02 Å². The topological polar surface area (TPSA) is 71.4 Å². The second-order valence-corrected chi connectivity index (χ2v) is 7.39. The molecule has 0 fully saturated rings. The number of para-hydroxylation sites is 1. The van der Waals surface area contributed by atoms with Gasteiger partial charge >= 0.3 is 0 Å². The van der Waals surface area contributed by atoms with E-state index in [9.17, 15) is 10.1 Å². The van der Waals surface area contributed by atoms with Gasteiger partial charge in [0.25, 0.3) is 5.91 Å². The lowest BCUT2D eigenvalue weighted by molar-refractivity contribution is -0.112. The van der Waals surface area contributed by atoms with Crippen LogP contribution in [0.4, 0.5) is 5.69 Å². The molecule has 0 aliphatic rings. The highest BCUT2D eigenvalue weighted by atomic mass is 35.5. The molecule has 32 heavy (non-hydrogen) atoms. The third kappa shape index (κ3) is 5.90. The lowest BCUT2D eigenvalue weighted by Crippen LogP contribution is -2.14. The maximum absolute atomic E-state index is 12.8. The number of aryl methyl sites for hydroxylation is 1. The van der Waals surface area contributed by atoms with E-state index in [0.717, 1.165) is 17.5 Å². The van der Waals surface area contributed by atoms with Gasteiger partial charge in [0.05, 0.1) is 7.11 Å². The molecule has 0 aliphatic carbocycles. The minimum absolute atomic E-state index is 0.0302. The third-order valence-electron chi connectivity index (χ3n) is 4.84. The molecule has 0 spiro atoms. The largest absolute Gasteiger partial charge is 0.497 e. The first kappa shape index (κ1) is 22.9. The highest BCUT2D eigenvalue weighted by molar-refractivity contribution is 6.30. The van der Waals surface area contributed by atoms with Crippen molar-refractivity contribution < 1.29 is 14.3 Å². The molecule has 3 rings (SSSR count). The van der Waals surface area contributed by atoms with Crippen LogP contribution in [0.3, 0.4) is 0 Å². The minimum atomic E-state index is -0.479. The molecule has 0 radical (unpaired) electrons. The van der Waals surface area contributed by atoms with Crippen molar-refractivity contribution in [2.24, 2.45) is 0 Å². The highest BCUT2D eigenvalue weighted by Crippen LogP contribution is 2.28. The van der Waals surface area contributed by atoms with Crippen molar-refractivity contribution in [3.05, 3.63) is 94.0 Å². The number of nitrogens with zero attached hydrogens (tertiary/aromatic N) is 1. The first-order valence-corrected chi connectivity index (χ1v) is 10.5. The summed E-state index contributed by atoms with van der Waals surface area (Å²) in [4.78, 5) is 12.8.